The van der Waals surface area contributed by atoms with E-state index >= 15 is 0 Å². The second-order valence-electron chi connectivity index (χ2n) is 3.13. The van der Waals surface area contributed by atoms with Crippen LogP contribution >= 0.6 is 0 Å². The Morgan fingerprint density at radius 1 is 1.38 bits per heavy atom. The monoisotopic (exact) mass is 185 g/mol. The molecule has 0 aliphatic heterocycles. The zero-order valence-corrected chi connectivity index (χ0v) is 7.77. The van der Waals surface area contributed by atoms with Crippen molar-refractivity contribution in [1.82, 2.24) is 5.32 Å². The van der Waals surface area contributed by atoms with Crippen LogP contribution in [0.2, 0.25) is 0 Å². The fourth-order valence-electron chi connectivity index (χ4n) is 1.13. The molecule has 0 aliphatic rings. The van der Waals surface area contributed by atoms with E-state index in [9.17, 15) is 8.78 Å². The van der Waals surface area contributed by atoms with Gasteiger partial charge in [-0.25, -0.2) is 8.78 Å². The molecule has 1 aromatic rings. The lowest BCUT2D eigenvalue weighted by Crippen LogP contribution is -2.24. The van der Waals surface area contributed by atoms with Gasteiger partial charge < -0.3 is 5.32 Å². The average Bonchev–Trinajstić information content (AvgIpc) is 2.11. The SMILES string of the molecule is CNC(C)Cc1cc(F)ccc1F. The van der Waals surface area contributed by atoms with Crippen molar-refractivity contribution in [2.75, 3.05) is 7.05 Å². The molecule has 0 radical (unpaired) electrons. The van der Waals surface area contributed by atoms with Gasteiger partial charge in [0.1, 0.15) is 11.6 Å². The van der Waals surface area contributed by atoms with Gasteiger partial charge in [-0.2, -0.15) is 0 Å². The molecule has 0 amide bonds. The summed E-state index contributed by atoms with van der Waals surface area (Å²) in [6.07, 6.45) is 0.500. The molecular formula is C10H13F2N. The van der Waals surface area contributed by atoms with Crippen LogP contribution in [0.15, 0.2) is 18.2 Å². The highest BCUT2D eigenvalue weighted by Gasteiger charge is 2.06. The van der Waals surface area contributed by atoms with Crippen molar-refractivity contribution in [3.8, 4) is 0 Å². The number of benzene rings is 1. The van der Waals surface area contributed by atoms with Gasteiger partial charge in [-0.15, -0.1) is 0 Å². The highest BCUT2D eigenvalue weighted by atomic mass is 19.1. The molecule has 1 rings (SSSR count). The van der Waals surface area contributed by atoms with Gasteiger partial charge in [0.2, 0.25) is 0 Å². The van der Waals surface area contributed by atoms with E-state index in [1.54, 1.807) is 7.05 Å². The van der Waals surface area contributed by atoms with Crippen LogP contribution in [0.5, 0.6) is 0 Å². The summed E-state index contributed by atoms with van der Waals surface area (Å²) in [6.45, 7) is 1.92. The maximum atomic E-state index is 13.1. The van der Waals surface area contributed by atoms with Gasteiger partial charge in [0, 0.05) is 6.04 Å². The van der Waals surface area contributed by atoms with Crippen molar-refractivity contribution < 1.29 is 8.78 Å². The lowest BCUT2D eigenvalue weighted by atomic mass is 10.1. The molecule has 0 saturated heterocycles. The number of hydrogen-bond acceptors (Lipinski definition) is 1. The van der Waals surface area contributed by atoms with Gasteiger partial charge in [0.05, 0.1) is 0 Å². The molecule has 0 heterocycles. The number of hydrogen-bond donors (Lipinski definition) is 1. The Labute approximate surface area is 76.8 Å². The van der Waals surface area contributed by atoms with Gasteiger partial charge >= 0.3 is 0 Å². The van der Waals surface area contributed by atoms with E-state index in [4.69, 9.17) is 0 Å². The first-order valence-electron chi connectivity index (χ1n) is 4.24. The summed E-state index contributed by atoms with van der Waals surface area (Å²) in [5.74, 6) is -0.733. The Hall–Kier alpha value is -0.960. The average molecular weight is 185 g/mol. The third-order valence-electron chi connectivity index (χ3n) is 2.03. The molecule has 1 nitrogen and oxygen atoms in total. The van der Waals surface area contributed by atoms with Crippen molar-refractivity contribution in [2.45, 2.75) is 19.4 Å². The number of likely N-dealkylation sites (N-methyl/N-ethyl adjacent to an activating group) is 1. The molecule has 1 N–H and O–H groups in total. The van der Waals surface area contributed by atoms with E-state index < -0.39 is 0 Å². The van der Waals surface area contributed by atoms with E-state index in [1.807, 2.05) is 6.92 Å². The molecule has 1 unspecified atom stereocenters. The zero-order valence-electron chi connectivity index (χ0n) is 7.77. The lowest BCUT2D eigenvalue weighted by Gasteiger charge is -2.10. The fraction of sp³-hybridized carbons (Fsp3) is 0.400. The van der Waals surface area contributed by atoms with Crippen LogP contribution in [0.4, 0.5) is 8.78 Å². The molecule has 0 saturated carbocycles. The standard InChI is InChI=1S/C10H13F2N/c1-7(13-2)5-8-6-9(11)3-4-10(8)12/h3-4,6-7,13H,5H2,1-2H3. The lowest BCUT2D eigenvalue weighted by molar-refractivity contribution is 0.552. The van der Waals surface area contributed by atoms with E-state index in [-0.39, 0.29) is 17.7 Å². The number of nitrogens with one attached hydrogen (secondary N) is 1. The Kier molecular flexibility index (Phi) is 3.37. The minimum Gasteiger partial charge on any atom is -0.317 e. The molecule has 72 valence electrons. The molecule has 0 fully saturated rings. The molecule has 0 aliphatic carbocycles. The molecular weight excluding hydrogens is 172 g/mol. The molecule has 1 aromatic carbocycles. The fourth-order valence-corrected chi connectivity index (χ4v) is 1.13. The normalized spacial score (nSPS) is 12.9. The quantitative estimate of drug-likeness (QED) is 0.760. The summed E-state index contributed by atoms with van der Waals surface area (Å²) in [6, 6.07) is 3.68. The van der Waals surface area contributed by atoms with Gasteiger partial charge in [-0.05, 0) is 44.2 Å². The van der Waals surface area contributed by atoms with Gasteiger partial charge in [0.25, 0.3) is 0 Å². The van der Waals surface area contributed by atoms with Crippen molar-refractivity contribution in [3.05, 3.63) is 35.4 Å². The van der Waals surface area contributed by atoms with E-state index in [0.29, 0.717) is 12.0 Å². The highest BCUT2D eigenvalue weighted by molar-refractivity contribution is 5.19. The second-order valence-corrected chi connectivity index (χ2v) is 3.13. The van der Waals surface area contributed by atoms with Crippen LogP contribution in [0.3, 0.4) is 0 Å². The van der Waals surface area contributed by atoms with Gasteiger partial charge in [-0.3, -0.25) is 0 Å². The van der Waals surface area contributed by atoms with Crippen molar-refractivity contribution in [2.24, 2.45) is 0 Å². The van der Waals surface area contributed by atoms with Gasteiger partial charge in [-0.1, -0.05) is 0 Å². The molecule has 3 heteroatoms. The Morgan fingerprint density at radius 2 is 2.08 bits per heavy atom. The summed E-state index contributed by atoms with van der Waals surface area (Å²) in [7, 11) is 1.79. The Balaban J connectivity index is 2.81. The van der Waals surface area contributed by atoms with Crippen molar-refractivity contribution in [3.63, 3.8) is 0 Å². The summed E-state index contributed by atoms with van der Waals surface area (Å²) >= 11 is 0. The van der Waals surface area contributed by atoms with Crippen molar-refractivity contribution in [1.29, 1.82) is 0 Å². The molecule has 13 heavy (non-hydrogen) atoms. The highest BCUT2D eigenvalue weighted by Crippen LogP contribution is 2.11. The third-order valence-corrected chi connectivity index (χ3v) is 2.03. The summed E-state index contributed by atoms with van der Waals surface area (Å²) in [5, 5.41) is 2.97. The first-order chi connectivity index (χ1) is 6.13. The van der Waals surface area contributed by atoms with Crippen LogP contribution in [-0.4, -0.2) is 13.1 Å². The second kappa shape index (κ2) is 4.33. The maximum absolute atomic E-state index is 13.1. The Bertz CT molecular complexity index is 286. The summed E-state index contributed by atoms with van der Waals surface area (Å²) in [4.78, 5) is 0. The van der Waals surface area contributed by atoms with Crippen LogP contribution in [0.1, 0.15) is 12.5 Å². The first kappa shape index (κ1) is 10.1. The summed E-state index contributed by atoms with van der Waals surface area (Å²) in [5.41, 5.74) is 0.418. The first-order valence-corrected chi connectivity index (χ1v) is 4.24. The minimum atomic E-state index is -0.389. The predicted molar refractivity (Wildman–Crippen MR) is 48.6 cm³/mol. The molecule has 0 bridgehead atoms. The van der Waals surface area contributed by atoms with Crippen LogP contribution in [0.25, 0.3) is 0 Å². The van der Waals surface area contributed by atoms with E-state index in [2.05, 4.69) is 5.32 Å². The predicted octanol–water partition coefficient (Wildman–Crippen LogP) is 2.12. The van der Waals surface area contributed by atoms with Crippen LogP contribution in [-0.2, 0) is 6.42 Å². The number of rotatable bonds is 3. The van der Waals surface area contributed by atoms with E-state index in [0.717, 1.165) is 12.1 Å². The summed E-state index contributed by atoms with van der Waals surface area (Å²) < 4.78 is 25.8. The molecule has 0 spiro atoms. The zero-order chi connectivity index (χ0) is 9.84. The Morgan fingerprint density at radius 3 is 2.69 bits per heavy atom. The third kappa shape index (κ3) is 2.77. The van der Waals surface area contributed by atoms with Gasteiger partial charge in [0.15, 0.2) is 0 Å². The van der Waals surface area contributed by atoms with Crippen LogP contribution in [0, 0.1) is 11.6 Å². The van der Waals surface area contributed by atoms with Crippen molar-refractivity contribution >= 4 is 0 Å². The largest absolute Gasteiger partial charge is 0.317 e. The van der Waals surface area contributed by atoms with E-state index in [1.165, 1.54) is 6.07 Å². The smallest absolute Gasteiger partial charge is 0.126 e. The maximum Gasteiger partial charge on any atom is 0.126 e. The molecule has 1 atom stereocenters. The molecule has 0 aromatic heterocycles. The number of halogens is 2. The topological polar surface area (TPSA) is 12.0 Å². The minimum absolute atomic E-state index is 0.149. The van der Waals surface area contributed by atoms with Crippen LogP contribution < -0.4 is 5.32 Å².